The van der Waals surface area contributed by atoms with Gasteiger partial charge in [0.25, 0.3) is 0 Å². The molecule has 2 fully saturated rings. The summed E-state index contributed by atoms with van der Waals surface area (Å²) in [6.07, 6.45) is 2.62. The number of rotatable bonds is 6. The highest BCUT2D eigenvalue weighted by atomic mass is 16.5. The predicted molar refractivity (Wildman–Crippen MR) is 97.9 cm³/mol. The minimum absolute atomic E-state index is 0.0666. The molecule has 6 nitrogen and oxygen atoms in total. The largest absolute Gasteiger partial charge is 0.381 e. The topological polar surface area (TPSA) is 74.4 Å². The van der Waals surface area contributed by atoms with E-state index in [1.54, 1.807) is 0 Å². The van der Waals surface area contributed by atoms with E-state index in [4.69, 9.17) is 4.74 Å². The van der Waals surface area contributed by atoms with Gasteiger partial charge >= 0.3 is 0 Å². The van der Waals surface area contributed by atoms with E-state index in [1.807, 2.05) is 6.07 Å². The van der Waals surface area contributed by atoms with Crippen LogP contribution < -0.4 is 21.5 Å². The minimum atomic E-state index is -0.154. The maximum atomic E-state index is 12.5. The molecule has 3 unspecified atom stereocenters. The Kier molecular flexibility index (Phi) is 6.06. The van der Waals surface area contributed by atoms with E-state index in [1.165, 1.54) is 5.56 Å². The summed E-state index contributed by atoms with van der Waals surface area (Å²) in [6.45, 7) is 6.33. The summed E-state index contributed by atoms with van der Waals surface area (Å²) in [5.41, 5.74) is 7.31. The highest BCUT2D eigenvalue weighted by molar-refractivity contribution is 5.82. The lowest BCUT2D eigenvalue weighted by molar-refractivity contribution is -0.123. The fourth-order valence-electron chi connectivity index (χ4n) is 3.68. The first-order chi connectivity index (χ1) is 12.1. The molecule has 0 aromatic heterocycles. The molecule has 0 spiro atoms. The molecule has 0 radical (unpaired) electrons. The van der Waals surface area contributed by atoms with E-state index in [-0.39, 0.29) is 23.5 Å². The van der Waals surface area contributed by atoms with Gasteiger partial charge in [-0.2, -0.15) is 0 Å². The van der Waals surface area contributed by atoms with Crippen LogP contribution in [0.4, 0.5) is 0 Å². The smallest absolute Gasteiger partial charge is 0.238 e. The molecule has 0 saturated carbocycles. The van der Waals surface area contributed by atoms with E-state index >= 15 is 0 Å². The van der Waals surface area contributed by atoms with Crippen molar-refractivity contribution in [2.75, 3.05) is 19.8 Å². The maximum Gasteiger partial charge on any atom is 0.238 e. The first-order valence-electron chi connectivity index (χ1n) is 9.27. The molecule has 4 N–H and O–H groups in total. The zero-order valence-electron chi connectivity index (χ0n) is 15.2. The van der Waals surface area contributed by atoms with Crippen LogP contribution in [0.2, 0.25) is 0 Å². The molecule has 2 heterocycles. The fourth-order valence-corrected chi connectivity index (χ4v) is 3.68. The molecule has 6 heteroatoms. The lowest BCUT2D eigenvalue weighted by atomic mass is 9.88. The van der Waals surface area contributed by atoms with E-state index in [9.17, 15) is 4.79 Å². The van der Waals surface area contributed by atoms with Crippen LogP contribution in [-0.2, 0) is 9.53 Å². The maximum absolute atomic E-state index is 12.5. The minimum Gasteiger partial charge on any atom is -0.381 e. The molecule has 2 saturated heterocycles. The number of nitrogens with one attached hydrogen (secondary N) is 4. The summed E-state index contributed by atoms with van der Waals surface area (Å²) in [5, 5.41) is 6.93. The van der Waals surface area contributed by atoms with Crippen molar-refractivity contribution in [2.45, 2.75) is 56.8 Å². The van der Waals surface area contributed by atoms with Crippen LogP contribution in [0, 0.1) is 0 Å². The Morgan fingerprint density at radius 3 is 2.64 bits per heavy atom. The van der Waals surface area contributed by atoms with Gasteiger partial charge in [0.15, 0.2) is 0 Å². The van der Waals surface area contributed by atoms with Crippen LogP contribution >= 0.6 is 0 Å². The molecule has 0 bridgehead atoms. The van der Waals surface area contributed by atoms with Crippen LogP contribution in [0.1, 0.15) is 44.7 Å². The molecule has 1 aromatic rings. The quantitative estimate of drug-likeness (QED) is 0.624. The van der Waals surface area contributed by atoms with Gasteiger partial charge in [-0.3, -0.25) is 10.2 Å². The van der Waals surface area contributed by atoms with Crippen LogP contribution in [0.5, 0.6) is 0 Å². The Bertz CT molecular complexity index is 560. The zero-order valence-corrected chi connectivity index (χ0v) is 15.2. The Hall–Kier alpha value is -1.47. The average molecular weight is 346 g/mol. The number of carbonyl (C=O) groups is 1. The van der Waals surface area contributed by atoms with Crippen molar-refractivity contribution < 1.29 is 9.53 Å². The molecule has 3 atom stereocenters. The Balaban J connectivity index is 1.61. The standard InChI is InChI=1S/C19H30N4O2/c1-14-12-17(23-22-14)18(24)20-13-19(8-10-25-11-9-19)21-15(2)16-6-4-3-5-7-16/h3-7,14-15,17,21-23H,8-13H2,1-2H3,(H,20,24). The first-order valence-corrected chi connectivity index (χ1v) is 9.27. The van der Waals surface area contributed by atoms with Crippen LogP contribution in [0.25, 0.3) is 0 Å². The monoisotopic (exact) mass is 346 g/mol. The molecule has 0 aliphatic carbocycles. The van der Waals surface area contributed by atoms with Crippen LogP contribution in [0.15, 0.2) is 30.3 Å². The third-order valence-electron chi connectivity index (χ3n) is 5.28. The summed E-state index contributed by atoms with van der Waals surface area (Å²) < 4.78 is 5.56. The molecule has 1 aromatic carbocycles. The van der Waals surface area contributed by atoms with Gasteiger partial charge in [0.2, 0.25) is 5.91 Å². The van der Waals surface area contributed by atoms with Crippen molar-refractivity contribution in [3.05, 3.63) is 35.9 Å². The van der Waals surface area contributed by atoms with E-state index in [2.05, 4.69) is 59.6 Å². The second-order valence-corrected chi connectivity index (χ2v) is 7.37. The van der Waals surface area contributed by atoms with Crippen LogP contribution in [-0.4, -0.2) is 43.3 Å². The fraction of sp³-hybridized carbons (Fsp3) is 0.632. The van der Waals surface area contributed by atoms with Gasteiger partial charge in [0.1, 0.15) is 6.04 Å². The molecule has 3 rings (SSSR count). The Labute approximate surface area is 150 Å². The van der Waals surface area contributed by atoms with Crippen molar-refractivity contribution in [1.29, 1.82) is 0 Å². The summed E-state index contributed by atoms with van der Waals surface area (Å²) in [5.74, 6) is 0.0666. The SMILES string of the molecule is CC1CC(C(=O)NCC2(NC(C)c3ccccc3)CCOCC2)NN1. The van der Waals surface area contributed by atoms with Gasteiger partial charge in [0, 0.05) is 37.4 Å². The Morgan fingerprint density at radius 1 is 1.28 bits per heavy atom. The third kappa shape index (κ3) is 4.79. The zero-order chi connectivity index (χ0) is 17.7. The van der Waals surface area contributed by atoms with Crippen molar-refractivity contribution >= 4 is 5.91 Å². The van der Waals surface area contributed by atoms with E-state index in [0.29, 0.717) is 12.6 Å². The number of ether oxygens (including phenoxy) is 1. The van der Waals surface area contributed by atoms with Gasteiger partial charge in [-0.15, -0.1) is 0 Å². The summed E-state index contributed by atoms with van der Waals surface area (Å²) >= 11 is 0. The molecule has 2 aliphatic heterocycles. The average Bonchev–Trinajstić information content (AvgIpc) is 3.08. The predicted octanol–water partition coefficient (Wildman–Crippen LogP) is 1.26. The normalized spacial score (nSPS) is 27.0. The summed E-state index contributed by atoms with van der Waals surface area (Å²) in [6, 6.07) is 10.8. The molecular formula is C19H30N4O2. The van der Waals surface area contributed by atoms with E-state index < -0.39 is 0 Å². The Morgan fingerprint density at radius 2 is 2.00 bits per heavy atom. The lowest BCUT2D eigenvalue weighted by Gasteiger charge is -2.40. The second kappa shape index (κ2) is 8.27. The lowest BCUT2D eigenvalue weighted by Crippen LogP contribution is -2.58. The number of hydrogen-bond acceptors (Lipinski definition) is 5. The molecule has 25 heavy (non-hydrogen) atoms. The molecule has 138 valence electrons. The number of amides is 1. The van der Waals surface area contributed by atoms with Crippen molar-refractivity contribution in [3.8, 4) is 0 Å². The molecule has 1 amide bonds. The number of hydrogen-bond donors (Lipinski definition) is 4. The van der Waals surface area contributed by atoms with Gasteiger partial charge in [-0.1, -0.05) is 30.3 Å². The van der Waals surface area contributed by atoms with Crippen molar-refractivity contribution in [2.24, 2.45) is 0 Å². The van der Waals surface area contributed by atoms with Gasteiger partial charge in [-0.05, 0) is 38.7 Å². The van der Waals surface area contributed by atoms with Crippen molar-refractivity contribution in [1.82, 2.24) is 21.5 Å². The van der Waals surface area contributed by atoms with Gasteiger partial charge in [-0.25, -0.2) is 5.43 Å². The molecular weight excluding hydrogens is 316 g/mol. The third-order valence-corrected chi connectivity index (χ3v) is 5.28. The number of carbonyl (C=O) groups excluding carboxylic acids is 1. The second-order valence-electron chi connectivity index (χ2n) is 7.37. The summed E-state index contributed by atoms with van der Waals surface area (Å²) in [4.78, 5) is 12.5. The van der Waals surface area contributed by atoms with Gasteiger partial charge < -0.3 is 15.4 Å². The van der Waals surface area contributed by atoms with Crippen LogP contribution in [0.3, 0.4) is 0 Å². The van der Waals surface area contributed by atoms with Gasteiger partial charge in [0.05, 0.1) is 0 Å². The number of hydrazine groups is 1. The highest BCUT2D eigenvalue weighted by Gasteiger charge is 2.35. The number of benzene rings is 1. The highest BCUT2D eigenvalue weighted by Crippen LogP contribution is 2.25. The van der Waals surface area contributed by atoms with Crippen molar-refractivity contribution in [3.63, 3.8) is 0 Å². The summed E-state index contributed by atoms with van der Waals surface area (Å²) in [7, 11) is 0. The molecule has 2 aliphatic rings. The first kappa shape index (κ1) is 18.3. The van der Waals surface area contributed by atoms with E-state index in [0.717, 1.165) is 32.5 Å².